The Morgan fingerprint density at radius 1 is 1.21 bits per heavy atom. The van der Waals surface area contributed by atoms with E-state index < -0.39 is 0 Å². The monoisotopic (exact) mass is 489 g/mol. The Labute approximate surface area is 205 Å². The van der Waals surface area contributed by atoms with Gasteiger partial charge in [0, 0.05) is 44.7 Å². The van der Waals surface area contributed by atoms with Gasteiger partial charge < -0.3 is 15.1 Å². The molecular weight excluding hydrogens is 458 g/mol. The lowest BCUT2D eigenvalue weighted by Crippen LogP contribution is -2.54. The SMILES string of the molecule is CCCCC(=O)N1CCN(c2cc(Cl)nc(SCC(=O)NCCc3ccccc3)n2)CC1C. The van der Waals surface area contributed by atoms with E-state index in [1.807, 2.05) is 35.2 Å². The number of unbranched alkanes of at least 4 members (excludes halogenated alkanes) is 1. The van der Waals surface area contributed by atoms with E-state index in [1.54, 1.807) is 6.07 Å². The second kappa shape index (κ2) is 12.8. The van der Waals surface area contributed by atoms with Crippen molar-refractivity contribution in [3.63, 3.8) is 0 Å². The normalized spacial score (nSPS) is 16.0. The van der Waals surface area contributed by atoms with Crippen LogP contribution in [0.1, 0.15) is 38.7 Å². The minimum Gasteiger partial charge on any atom is -0.355 e. The molecule has 0 spiro atoms. The highest BCUT2D eigenvalue weighted by Crippen LogP contribution is 2.24. The van der Waals surface area contributed by atoms with Gasteiger partial charge in [0.25, 0.3) is 0 Å². The largest absolute Gasteiger partial charge is 0.355 e. The molecule has 1 aromatic carbocycles. The summed E-state index contributed by atoms with van der Waals surface area (Å²) in [5.41, 5.74) is 1.19. The average molecular weight is 490 g/mol. The van der Waals surface area contributed by atoms with Crippen molar-refractivity contribution >= 4 is 41.0 Å². The molecule has 3 rings (SSSR count). The molecule has 1 saturated heterocycles. The molecule has 1 fully saturated rings. The number of hydrogen-bond acceptors (Lipinski definition) is 6. The number of amides is 2. The van der Waals surface area contributed by atoms with E-state index in [0.29, 0.717) is 42.9 Å². The first-order valence-corrected chi connectivity index (χ1v) is 12.8. The fourth-order valence-corrected chi connectivity index (χ4v) is 4.70. The summed E-state index contributed by atoms with van der Waals surface area (Å²) in [5, 5.41) is 3.76. The number of nitrogens with one attached hydrogen (secondary N) is 1. The van der Waals surface area contributed by atoms with Crippen molar-refractivity contribution in [2.45, 2.75) is 50.7 Å². The maximum atomic E-state index is 12.4. The summed E-state index contributed by atoms with van der Waals surface area (Å²) in [4.78, 5) is 37.7. The van der Waals surface area contributed by atoms with Crippen LogP contribution in [0.2, 0.25) is 5.15 Å². The second-order valence-electron chi connectivity index (χ2n) is 8.19. The van der Waals surface area contributed by atoms with E-state index in [4.69, 9.17) is 11.6 Å². The molecule has 0 aliphatic carbocycles. The molecule has 33 heavy (non-hydrogen) atoms. The van der Waals surface area contributed by atoms with Crippen molar-refractivity contribution in [1.29, 1.82) is 0 Å². The number of hydrogen-bond donors (Lipinski definition) is 1. The average Bonchev–Trinajstić information content (AvgIpc) is 2.81. The van der Waals surface area contributed by atoms with Crippen molar-refractivity contribution in [3.8, 4) is 0 Å². The summed E-state index contributed by atoms with van der Waals surface area (Å²) in [6, 6.07) is 11.9. The minimum absolute atomic E-state index is 0.0612. The van der Waals surface area contributed by atoms with Gasteiger partial charge in [0.1, 0.15) is 11.0 Å². The summed E-state index contributed by atoms with van der Waals surface area (Å²) in [7, 11) is 0. The van der Waals surface area contributed by atoms with Gasteiger partial charge in [-0.3, -0.25) is 9.59 Å². The van der Waals surface area contributed by atoms with Crippen LogP contribution in [0.15, 0.2) is 41.6 Å². The summed E-state index contributed by atoms with van der Waals surface area (Å²) in [5.74, 6) is 1.12. The first kappa shape index (κ1) is 25.3. The molecule has 2 amide bonds. The van der Waals surface area contributed by atoms with Crippen molar-refractivity contribution in [2.24, 2.45) is 0 Å². The number of anilines is 1. The Hall–Kier alpha value is -2.32. The highest BCUT2D eigenvalue weighted by atomic mass is 35.5. The van der Waals surface area contributed by atoms with Crippen molar-refractivity contribution in [2.75, 3.05) is 36.8 Å². The molecule has 1 aromatic heterocycles. The van der Waals surface area contributed by atoms with Crippen molar-refractivity contribution in [3.05, 3.63) is 47.1 Å². The lowest BCUT2D eigenvalue weighted by Gasteiger charge is -2.40. The molecule has 9 heteroatoms. The lowest BCUT2D eigenvalue weighted by atomic mass is 10.1. The number of carbonyl (C=O) groups is 2. The van der Waals surface area contributed by atoms with Gasteiger partial charge in [-0.1, -0.05) is 67.0 Å². The van der Waals surface area contributed by atoms with Crippen LogP contribution in [0.5, 0.6) is 0 Å². The standard InChI is InChI=1S/C24H32ClN5O2S/c1-3-4-10-23(32)30-14-13-29(16-18(30)2)21-15-20(25)27-24(28-21)33-17-22(31)26-12-11-19-8-6-5-7-9-19/h5-9,15,18H,3-4,10-14,16-17H2,1-2H3,(H,26,31). The first-order chi connectivity index (χ1) is 16.0. The molecular formula is C24H32ClN5O2S. The molecule has 1 atom stereocenters. The minimum atomic E-state index is -0.0612. The zero-order valence-corrected chi connectivity index (χ0v) is 20.9. The van der Waals surface area contributed by atoms with Gasteiger partial charge >= 0.3 is 0 Å². The van der Waals surface area contributed by atoms with Crippen LogP contribution < -0.4 is 10.2 Å². The van der Waals surface area contributed by atoms with Crippen LogP contribution in [0, 0.1) is 0 Å². The summed E-state index contributed by atoms with van der Waals surface area (Å²) < 4.78 is 0. The number of benzene rings is 1. The molecule has 2 aromatic rings. The third kappa shape index (κ3) is 7.89. The van der Waals surface area contributed by atoms with Gasteiger partial charge in [-0.25, -0.2) is 9.97 Å². The molecule has 1 N–H and O–H groups in total. The molecule has 0 saturated carbocycles. The van der Waals surface area contributed by atoms with Crippen LogP contribution in [-0.2, 0) is 16.0 Å². The van der Waals surface area contributed by atoms with E-state index in [0.717, 1.165) is 25.1 Å². The van der Waals surface area contributed by atoms with Gasteiger partial charge in [-0.15, -0.1) is 0 Å². The lowest BCUT2D eigenvalue weighted by molar-refractivity contribution is -0.133. The molecule has 0 radical (unpaired) electrons. The number of thioether (sulfide) groups is 1. The summed E-state index contributed by atoms with van der Waals surface area (Å²) in [6.45, 7) is 6.79. The van der Waals surface area contributed by atoms with E-state index in [-0.39, 0.29) is 23.6 Å². The van der Waals surface area contributed by atoms with Crippen LogP contribution >= 0.6 is 23.4 Å². The quantitative estimate of drug-likeness (QED) is 0.310. The van der Waals surface area contributed by atoms with Crippen LogP contribution in [0.3, 0.4) is 0 Å². The van der Waals surface area contributed by atoms with Gasteiger partial charge in [-0.2, -0.15) is 0 Å². The molecule has 1 aliphatic rings. The Morgan fingerprint density at radius 2 is 2.00 bits per heavy atom. The van der Waals surface area contributed by atoms with E-state index in [1.165, 1.54) is 17.3 Å². The maximum Gasteiger partial charge on any atom is 0.230 e. The topological polar surface area (TPSA) is 78.4 Å². The fraction of sp³-hybridized carbons (Fsp3) is 0.500. The molecule has 7 nitrogen and oxygen atoms in total. The highest BCUT2D eigenvalue weighted by Gasteiger charge is 2.28. The van der Waals surface area contributed by atoms with E-state index in [2.05, 4.69) is 34.0 Å². The Balaban J connectivity index is 1.50. The van der Waals surface area contributed by atoms with Crippen LogP contribution in [-0.4, -0.2) is 64.7 Å². The summed E-state index contributed by atoms with van der Waals surface area (Å²) >= 11 is 7.53. The maximum absolute atomic E-state index is 12.4. The van der Waals surface area contributed by atoms with Gasteiger partial charge in [0.2, 0.25) is 11.8 Å². The Kier molecular flexibility index (Phi) is 9.81. The second-order valence-corrected chi connectivity index (χ2v) is 9.52. The third-order valence-corrected chi connectivity index (χ3v) is 6.63. The van der Waals surface area contributed by atoms with Gasteiger partial charge in [-0.05, 0) is 25.3 Å². The molecule has 1 unspecified atom stereocenters. The van der Waals surface area contributed by atoms with Crippen LogP contribution in [0.25, 0.3) is 0 Å². The highest BCUT2D eigenvalue weighted by molar-refractivity contribution is 7.99. The Bertz CT molecular complexity index is 930. The van der Waals surface area contributed by atoms with Gasteiger partial charge in [0.15, 0.2) is 5.16 Å². The third-order valence-electron chi connectivity index (χ3n) is 5.59. The number of rotatable bonds is 10. The number of aromatic nitrogens is 2. The first-order valence-electron chi connectivity index (χ1n) is 11.5. The zero-order valence-electron chi connectivity index (χ0n) is 19.3. The Morgan fingerprint density at radius 3 is 2.73 bits per heavy atom. The van der Waals surface area contributed by atoms with Crippen molar-refractivity contribution in [1.82, 2.24) is 20.2 Å². The van der Waals surface area contributed by atoms with Gasteiger partial charge in [0.05, 0.1) is 5.75 Å². The molecule has 178 valence electrons. The molecule has 1 aliphatic heterocycles. The van der Waals surface area contributed by atoms with Crippen molar-refractivity contribution < 1.29 is 9.59 Å². The van der Waals surface area contributed by atoms with Crippen LogP contribution in [0.4, 0.5) is 5.82 Å². The smallest absolute Gasteiger partial charge is 0.230 e. The number of carbonyl (C=O) groups excluding carboxylic acids is 2. The zero-order chi connectivity index (χ0) is 23.6. The summed E-state index contributed by atoms with van der Waals surface area (Å²) in [6.07, 6.45) is 3.34. The number of halogens is 1. The predicted octanol–water partition coefficient (Wildman–Crippen LogP) is 3.81. The fourth-order valence-electron chi connectivity index (χ4n) is 3.79. The predicted molar refractivity (Wildman–Crippen MR) is 134 cm³/mol. The van der Waals surface area contributed by atoms with E-state index >= 15 is 0 Å². The number of nitrogens with zero attached hydrogens (tertiary/aromatic N) is 4. The molecule has 2 heterocycles. The number of piperazine rings is 1. The van der Waals surface area contributed by atoms with E-state index in [9.17, 15) is 9.59 Å². The molecule has 0 bridgehead atoms.